The molecule has 5 rings (SSSR count). The highest BCUT2D eigenvalue weighted by molar-refractivity contribution is 6.76. The maximum Gasteiger partial charge on any atom is 0.255 e. The molecule has 4 heterocycles. The molecule has 2 atom stereocenters. The molecule has 1 aliphatic rings. The van der Waals surface area contributed by atoms with E-state index in [4.69, 9.17) is 14.5 Å². The first-order valence-corrected chi connectivity index (χ1v) is 16.8. The number of rotatable bonds is 9. The maximum absolute atomic E-state index is 13.9. The number of carbonyl (C=O) groups excluding carboxylic acids is 1. The summed E-state index contributed by atoms with van der Waals surface area (Å²) in [4.78, 5) is 23.0. The fraction of sp³-hybridized carbons (Fsp3) is 0.481. The predicted molar refractivity (Wildman–Crippen MR) is 147 cm³/mol. The van der Waals surface area contributed by atoms with Crippen LogP contribution in [0.2, 0.25) is 25.7 Å². The summed E-state index contributed by atoms with van der Waals surface area (Å²) in [5.74, 6) is -0.572. The molecular weight excluding hydrogens is 503 g/mol. The third-order valence-corrected chi connectivity index (χ3v) is 8.68. The number of benzene rings is 1. The van der Waals surface area contributed by atoms with Crippen molar-refractivity contribution in [2.45, 2.75) is 64.3 Å². The van der Waals surface area contributed by atoms with Crippen LogP contribution in [0.4, 0.5) is 4.39 Å². The Morgan fingerprint density at radius 2 is 2.16 bits per heavy atom. The number of halogens is 1. The van der Waals surface area contributed by atoms with Crippen molar-refractivity contribution in [3.63, 3.8) is 0 Å². The molecule has 0 aliphatic carbocycles. The minimum absolute atomic E-state index is 0.000813. The standard InChI is InChI=1S/C27H35FN6O3Si/c1-17(23-7-6-10-37-23)30-27(35)20-15-34(16-36-11-12-38(3,4)5)26-25(20)31-21(14-29-26)24-19-9-8-18(28)13-22(19)33(2)32-24/h8-9,13-15,17,23H,6-7,10-12,16H2,1-5H3,(H,30,35)/t17-,23+/m1/s1. The molecule has 1 saturated heterocycles. The van der Waals surface area contributed by atoms with E-state index in [9.17, 15) is 9.18 Å². The van der Waals surface area contributed by atoms with Gasteiger partial charge in [-0.1, -0.05) is 19.6 Å². The van der Waals surface area contributed by atoms with Crippen LogP contribution in [0.15, 0.2) is 30.6 Å². The minimum Gasteiger partial charge on any atom is -0.376 e. The number of aromatic nitrogens is 5. The summed E-state index contributed by atoms with van der Waals surface area (Å²) in [5.41, 5.74) is 3.18. The molecule has 1 amide bonds. The molecule has 0 spiro atoms. The number of hydrogen-bond acceptors (Lipinski definition) is 6. The molecule has 3 aromatic heterocycles. The summed E-state index contributed by atoms with van der Waals surface area (Å²) >= 11 is 0. The van der Waals surface area contributed by atoms with Crippen LogP contribution in [0.3, 0.4) is 0 Å². The topological polar surface area (TPSA) is 96.1 Å². The van der Waals surface area contributed by atoms with E-state index < -0.39 is 8.07 Å². The number of carbonyl (C=O) groups is 1. The summed E-state index contributed by atoms with van der Waals surface area (Å²) in [5, 5.41) is 8.42. The fourth-order valence-corrected chi connectivity index (χ4v) is 5.52. The molecule has 4 aromatic rings. The van der Waals surface area contributed by atoms with Gasteiger partial charge in [0.25, 0.3) is 5.91 Å². The number of aryl methyl sites for hydroxylation is 1. The zero-order valence-corrected chi connectivity index (χ0v) is 23.6. The van der Waals surface area contributed by atoms with Gasteiger partial charge in [-0.25, -0.2) is 14.4 Å². The Kier molecular flexibility index (Phi) is 7.34. The van der Waals surface area contributed by atoms with E-state index in [0.717, 1.165) is 30.9 Å². The summed E-state index contributed by atoms with van der Waals surface area (Å²) in [6.45, 7) is 10.5. The number of nitrogens with one attached hydrogen (secondary N) is 1. The summed E-state index contributed by atoms with van der Waals surface area (Å²) in [6.07, 6.45) is 5.31. The lowest BCUT2D eigenvalue weighted by molar-refractivity contribution is 0.0711. The van der Waals surface area contributed by atoms with Crippen molar-refractivity contribution in [2.24, 2.45) is 7.05 Å². The van der Waals surface area contributed by atoms with Gasteiger partial charge in [-0.15, -0.1) is 0 Å². The van der Waals surface area contributed by atoms with Crippen molar-refractivity contribution in [1.29, 1.82) is 0 Å². The zero-order chi connectivity index (χ0) is 27.0. The van der Waals surface area contributed by atoms with Gasteiger partial charge in [0.2, 0.25) is 0 Å². The molecule has 1 fully saturated rings. The highest BCUT2D eigenvalue weighted by Gasteiger charge is 2.26. The quantitative estimate of drug-likeness (QED) is 0.244. The Bertz CT molecular complexity index is 1470. The van der Waals surface area contributed by atoms with E-state index in [2.05, 4.69) is 35.0 Å². The van der Waals surface area contributed by atoms with Crippen LogP contribution in [-0.2, 0) is 23.3 Å². The number of nitrogens with zero attached hydrogens (tertiary/aromatic N) is 5. The Hall–Kier alpha value is -3.15. The normalized spacial score (nSPS) is 16.9. The Morgan fingerprint density at radius 3 is 2.89 bits per heavy atom. The molecule has 0 bridgehead atoms. The average Bonchev–Trinajstić information content (AvgIpc) is 3.59. The van der Waals surface area contributed by atoms with Crippen molar-refractivity contribution in [1.82, 2.24) is 29.6 Å². The monoisotopic (exact) mass is 538 g/mol. The van der Waals surface area contributed by atoms with Gasteiger partial charge >= 0.3 is 0 Å². The smallest absolute Gasteiger partial charge is 0.255 e. The summed E-state index contributed by atoms with van der Waals surface area (Å²) in [7, 11) is 0.528. The van der Waals surface area contributed by atoms with Gasteiger partial charge < -0.3 is 19.4 Å². The van der Waals surface area contributed by atoms with Gasteiger partial charge in [0, 0.05) is 39.9 Å². The van der Waals surface area contributed by atoms with Crippen molar-refractivity contribution < 1.29 is 18.7 Å². The maximum atomic E-state index is 13.9. The molecule has 1 N–H and O–H groups in total. The van der Waals surface area contributed by atoms with E-state index in [-0.39, 0.29) is 30.6 Å². The van der Waals surface area contributed by atoms with Crippen LogP contribution in [0.1, 0.15) is 30.1 Å². The Labute approximate surface area is 222 Å². The van der Waals surface area contributed by atoms with Crippen LogP contribution < -0.4 is 5.32 Å². The van der Waals surface area contributed by atoms with E-state index in [1.54, 1.807) is 30.2 Å². The van der Waals surface area contributed by atoms with Crippen molar-refractivity contribution in [3.8, 4) is 11.4 Å². The summed E-state index contributed by atoms with van der Waals surface area (Å²) < 4.78 is 29.0. The van der Waals surface area contributed by atoms with Gasteiger partial charge in [0.05, 0.1) is 29.4 Å². The van der Waals surface area contributed by atoms with Crippen molar-refractivity contribution in [3.05, 3.63) is 42.0 Å². The highest BCUT2D eigenvalue weighted by Crippen LogP contribution is 2.29. The Balaban J connectivity index is 1.50. The highest BCUT2D eigenvalue weighted by atomic mass is 28.3. The number of hydrogen-bond donors (Lipinski definition) is 1. The second kappa shape index (κ2) is 10.5. The SMILES string of the molecule is C[C@@H](NC(=O)c1cn(COCC[Si](C)(C)C)c2ncc(-c3nn(C)c4cc(F)ccc34)nc12)[C@@H]1CCCO1. The average molecular weight is 539 g/mol. The van der Waals surface area contributed by atoms with Crippen LogP contribution in [-0.4, -0.2) is 63.7 Å². The summed E-state index contributed by atoms with van der Waals surface area (Å²) in [6, 6.07) is 5.44. The number of ether oxygens (including phenoxy) is 2. The fourth-order valence-electron chi connectivity index (χ4n) is 4.77. The first-order chi connectivity index (χ1) is 18.1. The third-order valence-electron chi connectivity index (χ3n) is 6.97. The molecule has 38 heavy (non-hydrogen) atoms. The van der Waals surface area contributed by atoms with E-state index >= 15 is 0 Å². The van der Waals surface area contributed by atoms with Crippen LogP contribution in [0.25, 0.3) is 33.5 Å². The van der Waals surface area contributed by atoms with Gasteiger partial charge in [-0.3, -0.25) is 9.48 Å². The molecule has 0 saturated carbocycles. The molecule has 9 nitrogen and oxygen atoms in total. The van der Waals surface area contributed by atoms with Crippen molar-refractivity contribution in [2.75, 3.05) is 13.2 Å². The molecule has 202 valence electrons. The molecule has 11 heteroatoms. The third kappa shape index (κ3) is 5.50. The molecule has 1 aliphatic heterocycles. The van der Waals surface area contributed by atoms with Crippen molar-refractivity contribution >= 4 is 36.0 Å². The second-order valence-electron chi connectivity index (χ2n) is 11.2. The molecule has 1 aromatic carbocycles. The first-order valence-electron chi connectivity index (χ1n) is 13.1. The minimum atomic E-state index is -1.23. The van der Waals surface area contributed by atoms with E-state index in [0.29, 0.717) is 40.2 Å². The largest absolute Gasteiger partial charge is 0.376 e. The molecule has 0 radical (unpaired) electrons. The first kappa shape index (κ1) is 26.5. The molecular formula is C27H35FN6O3Si. The Morgan fingerprint density at radius 1 is 1.34 bits per heavy atom. The zero-order valence-electron chi connectivity index (χ0n) is 22.6. The van der Waals surface area contributed by atoms with Gasteiger partial charge in [0.15, 0.2) is 5.65 Å². The van der Waals surface area contributed by atoms with Crippen LogP contribution in [0.5, 0.6) is 0 Å². The lowest BCUT2D eigenvalue weighted by atomic mass is 10.1. The lowest BCUT2D eigenvalue weighted by Gasteiger charge is -2.19. The second-order valence-corrected chi connectivity index (χ2v) is 16.9. The van der Waals surface area contributed by atoms with Gasteiger partial charge in [-0.2, -0.15) is 5.10 Å². The van der Waals surface area contributed by atoms with Crippen LogP contribution in [0, 0.1) is 5.82 Å². The lowest BCUT2D eigenvalue weighted by Crippen LogP contribution is -2.40. The number of amides is 1. The van der Waals surface area contributed by atoms with Gasteiger partial charge in [-0.05, 0) is 44.0 Å². The van der Waals surface area contributed by atoms with E-state index in [1.807, 2.05) is 11.5 Å². The molecule has 0 unspecified atom stereocenters. The predicted octanol–water partition coefficient (Wildman–Crippen LogP) is 4.73. The number of fused-ring (bicyclic) bond motifs is 2. The van der Waals surface area contributed by atoms with Crippen LogP contribution >= 0.6 is 0 Å². The van der Waals surface area contributed by atoms with Gasteiger partial charge in [0.1, 0.15) is 29.5 Å². The van der Waals surface area contributed by atoms with E-state index in [1.165, 1.54) is 12.1 Å².